The molecule has 1 fully saturated rings. The molecule has 100 valence electrons. The van der Waals surface area contributed by atoms with E-state index in [1.165, 1.54) is 25.7 Å². The van der Waals surface area contributed by atoms with Crippen molar-refractivity contribution in [3.05, 3.63) is 29.2 Å². The maximum absolute atomic E-state index is 6.05. The molecule has 6 heteroatoms. The number of aromatic nitrogens is 3. The van der Waals surface area contributed by atoms with Crippen LogP contribution in [-0.4, -0.2) is 21.2 Å². The third kappa shape index (κ3) is 2.93. The van der Waals surface area contributed by atoms with Gasteiger partial charge in [-0.2, -0.15) is 4.98 Å². The predicted octanol–water partition coefficient (Wildman–Crippen LogP) is 2.82. The van der Waals surface area contributed by atoms with E-state index in [0.717, 1.165) is 0 Å². The van der Waals surface area contributed by atoms with E-state index in [-0.39, 0.29) is 0 Å². The van der Waals surface area contributed by atoms with Gasteiger partial charge in [-0.1, -0.05) is 29.6 Å². The molecule has 1 saturated carbocycles. The highest BCUT2D eigenvalue weighted by atomic mass is 35.5. The Hall–Kier alpha value is -1.46. The first kappa shape index (κ1) is 12.6. The molecule has 1 N–H and O–H groups in total. The van der Waals surface area contributed by atoms with Crippen LogP contribution in [0.25, 0.3) is 11.5 Å². The van der Waals surface area contributed by atoms with E-state index in [1.807, 2.05) is 0 Å². The number of hydrogen-bond acceptors (Lipinski definition) is 5. The first-order valence-corrected chi connectivity index (χ1v) is 6.87. The number of pyridine rings is 1. The van der Waals surface area contributed by atoms with Crippen LogP contribution in [0.15, 0.2) is 22.9 Å². The summed E-state index contributed by atoms with van der Waals surface area (Å²) in [5.74, 6) is 1.01. The van der Waals surface area contributed by atoms with E-state index in [4.69, 9.17) is 16.1 Å². The molecule has 1 aliphatic rings. The fourth-order valence-corrected chi connectivity index (χ4v) is 2.54. The van der Waals surface area contributed by atoms with Crippen LogP contribution in [0.1, 0.15) is 31.6 Å². The minimum absolute atomic E-state index is 0.439. The lowest BCUT2D eigenvalue weighted by Crippen LogP contribution is -2.25. The standard InChI is InChI=1S/C13H15ClN4O/c14-10-6-3-7-15-12(10)13-17-11(19-18-13)8-16-9-4-1-2-5-9/h3,6-7,9,16H,1-2,4-5,8H2. The third-order valence-electron chi connectivity index (χ3n) is 3.34. The number of hydrogen-bond donors (Lipinski definition) is 1. The highest BCUT2D eigenvalue weighted by Crippen LogP contribution is 2.22. The van der Waals surface area contributed by atoms with Crippen LogP contribution in [0.5, 0.6) is 0 Å². The number of rotatable bonds is 4. The summed E-state index contributed by atoms with van der Waals surface area (Å²) in [4.78, 5) is 8.48. The molecule has 0 aromatic carbocycles. The van der Waals surface area contributed by atoms with Crippen molar-refractivity contribution in [2.24, 2.45) is 0 Å². The fraction of sp³-hybridized carbons (Fsp3) is 0.462. The molecule has 5 nitrogen and oxygen atoms in total. The lowest BCUT2D eigenvalue weighted by molar-refractivity contribution is 0.357. The van der Waals surface area contributed by atoms with E-state index in [2.05, 4.69) is 20.4 Å². The van der Waals surface area contributed by atoms with Gasteiger partial charge in [-0.15, -0.1) is 0 Å². The van der Waals surface area contributed by atoms with Crippen LogP contribution in [0.3, 0.4) is 0 Å². The summed E-state index contributed by atoms with van der Waals surface area (Å²) < 4.78 is 5.21. The first-order chi connectivity index (χ1) is 9.33. The van der Waals surface area contributed by atoms with Gasteiger partial charge >= 0.3 is 0 Å². The maximum atomic E-state index is 6.05. The van der Waals surface area contributed by atoms with Crippen LogP contribution in [0, 0.1) is 0 Å². The number of halogens is 1. The SMILES string of the molecule is Clc1cccnc1-c1noc(CNC2CCCC2)n1. The lowest BCUT2D eigenvalue weighted by atomic mass is 10.2. The molecule has 19 heavy (non-hydrogen) atoms. The zero-order chi connectivity index (χ0) is 13.1. The molecule has 3 rings (SSSR count). The van der Waals surface area contributed by atoms with Crippen molar-refractivity contribution < 1.29 is 4.52 Å². The predicted molar refractivity (Wildman–Crippen MR) is 71.6 cm³/mol. The maximum Gasteiger partial charge on any atom is 0.240 e. The average Bonchev–Trinajstić information content (AvgIpc) is 3.08. The zero-order valence-electron chi connectivity index (χ0n) is 10.5. The van der Waals surface area contributed by atoms with Gasteiger partial charge in [-0.05, 0) is 25.0 Å². The van der Waals surface area contributed by atoms with Crippen molar-refractivity contribution in [2.75, 3.05) is 0 Å². The van der Waals surface area contributed by atoms with Gasteiger partial charge in [-0.3, -0.25) is 4.98 Å². The topological polar surface area (TPSA) is 63.8 Å². The Kier molecular flexibility index (Phi) is 3.75. The summed E-state index contributed by atoms with van der Waals surface area (Å²) in [6.07, 6.45) is 6.72. The van der Waals surface area contributed by atoms with Crippen molar-refractivity contribution in [3.8, 4) is 11.5 Å². The van der Waals surface area contributed by atoms with Crippen LogP contribution < -0.4 is 5.32 Å². The Morgan fingerprint density at radius 2 is 2.21 bits per heavy atom. The Morgan fingerprint density at radius 1 is 1.37 bits per heavy atom. The van der Waals surface area contributed by atoms with Crippen molar-refractivity contribution in [3.63, 3.8) is 0 Å². The zero-order valence-corrected chi connectivity index (χ0v) is 11.2. The molecular formula is C13H15ClN4O. The second kappa shape index (κ2) is 5.67. The highest BCUT2D eigenvalue weighted by Gasteiger charge is 2.16. The summed E-state index contributed by atoms with van der Waals surface area (Å²) in [5.41, 5.74) is 0.556. The van der Waals surface area contributed by atoms with E-state index in [0.29, 0.717) is 35.0 Å². The summed E-state index contributed by atoms with van der Waals surface area (Å²) >= 11 is 6.05. The normalized spacial score (nSPS) is 16.1. The Bertz CT molecular complexity index is 551. The molecule has 0 amide bonds. The third-order valence-corrected chi connectivity index (χ3v) is 3.64. The lowest BCUT2D eigenvalue weighted by Gasteiger charge is -2.08. The van der Waals surface area contributed by atoms with Crippen molar-refractivity contribution >= 4 is 11.6 Å². The highest BCUT2D eigenvalue weighted by molar-refractivity contribution is 6.32. The van der Waals surface area contributed by atoms with E-state index in [1.54, 1.807) is 18.3 Å². The van der Waals surface area contributed by atoms with E-state index in [9.17, 15) is 0 Å². The number of nitrogens with one attached hydrogen (secondary N) is 1. The van der Waals surface area contributed by atoms with Gasteiger partial charge in [0.05, 0.1) is 11.6 Å². The summed E-state index contributed by atoms with van der Waals surface area (Å²) in [6.45, 7) is 0.599. The molecule has 2 aromatic heterocycles. The molecular weight excluding hydrogens is 264 g/mol. The second-order valence-corrected chi connectivity index (χ2v) is 5.12. The van der Waals surface area contributed by atoms with Gasteiger partial charge in [0, 0.05) is 12.2 Å². The van der Waals surface area contributed by atoms with Crippen LogP contribution in [-0.2, 0) is 6.54 Å². The molecule has 0 spiro atoms. The Balaban J connectivity index is 1.67. The van der Waals surface area contributed by atoms with Crippen LogP contribution in [0.4, 0.5) is 0 Å². The average molecular weight is 279 g/mol. The molecule has 1 aliphatic carbocycles. The minimum atomic E-state index is 0.439. The van der Waals surface area contributed by atoms with Gasteiger partial charge in [-0.25, -0.2) is 0 Å². The van der Waals surface area contributed by atoms with E-state index < -0.39 is 0 Å². The monoisotopic (exact) mass is 278 g/mol. The quantitative estimate of drug-likeness (QED) is 0.932. The summed E-state index contributed by atoms with van der Waals surface area (Å²) in [6, 6.07) is 4.11. The molecule has 0 atom stereocenters. The van der Waals surface area contributed by atoms with Crippen molar-refractivity contribution in [2.45, 2.75) is 38.3 Å². The molecule has 0 aliphatic heterocycles. The second-order valence-electron chi connectivity index (χ2n) is 4.71. The van der Waals surface area contributed by atoms with Gasteiger partial charge in [0.2, 0.25) is 11.7 Å². The minimum Gasteiger partial charge on any atom is -0.337 e. The van der Waals surface area contributed by atoms with Gasteiger partial charge < -0.3 is 9.84 Å². The molecule has 0 radical (unpaired) electrons. The fourth-order valence-electron chi connectivity index (χ4n) is 2.33. The first-order valence-electron chi connectivity index (χ1n) is 6.50. The smallest absolute Gasteiger partial charge is 0.240 e. The largest absolute Gasteiger partial charge is 0.337 e. The van der Waals surface area contributed by atoms with Crippen molar-refractivity contribution in [1.82, 2.24) is 20.4 Å². The molecule has 0 saturated heterocycles. The molecule has 2 heterocycles. The summed E-state index contributed by atoms with van der Waals surface area (Å²) in [5, 5.41) is 7.87. The van der Waals surface area contributed by atoms with Gasteiger partial charge in [0.25, 0.3) is 0 Å². The van der Waals surface area contributed by atoms with Crippen molar-refractivity contribution in [1.29, 1.82) is 0 Å². The van der Waals surface area contributed by atoms with E-state index >= 15 is 0 Å². The van der Waals surface area contributed by atoms with Gasteiger partial charge in [0.15, 0.2) is 0 Å². The van der Waals surface area contributed by atoms with Gasteiger partial charge in [0.1, 0.15) is 5.69 Å². The molecule has 2 aromatic rings. The van der Waals surface area contributed by atoms with Crippen LogP contribution in [0.2, 0.25) is 5.02 Å². The Labute approximate surface area is 116 Å². The molecule has 0 unspecified atom stereocenters. The Morgan fingerprint density at radius 3 is 3.00 bits per heavy atom. The number of nitrogens with zero attached hydrogens (tertiary/aromatic N) is 3. The van der Waals surface area contributed by atoms with Crippen LogP contribution >= 0.6 is 11.6 Å². The molecule has 0 bridgehead atoms. The summed E-state index contributed by atoms with van der Waals surface area (Å²) in [7, 11) is 0.